The maximum absolute atomic E-state index is 12.3. The lowest BCUT2D eigenvalue weighted by molar-refractivity contribution is -0.114. The number of nitrogens with zero attached hydrogens (tertiary/aromatic N) is 1. The Morgan fingerprint density at radius 1 is 0.889 bits per heavy atom. The molecule has 2 N–H and O–H groups in total. The third kappa shape index (κ3) is 5.29. The second-order valence-electron chi connectivity index (χ2n) is 5.65. The van der Waals surface area contributed by atoms with E-state index in [0.29, 0.717) is 33.6 Å². The fraction of sp³-hybridized carbons (Fsp3) is 0.0500. The Hall–Kier alpha value is -3.38. The topological polar surface area (TPSA) is 80.3 Å². The normalized spacial score (nSPS) is 10.1. The zero-order chi connectivity index (χ0) is 19.2. The molecule has 0 unspecified atom stereocenters. The van der Waals surface area contributed by atoms with Gasteiger partial charge < -0.3 is 15.4 Å². The molecule has 3 aromatic rings. The van der Waals surface area contributed by atoms with Crippen LogP contribution in [0.1, 0.15) is 17.3 Å². The van der Waals surface area contributed by atoms with E-state index in [1.165, 1.54) is 13.1 Å². The summed E-state index contributed by atoms with van der Waals surface area (Å²) in [6, 6.07) is 16.9. The summed E-state index contributed by atoms with van der Waals surface area (Å²) in [5.74, 6) is 0.564. The zero-order valence-corrected chi connectivity index (χ0v) is 15.2. The molecule has 3 rings (SSSR count). The number of amides is 2. The lowest BCUT2D eigenvalue weighted by Gasteiger charge is -2.08. The van der Waals surface area contributed by atoms with Gasteiger partial charge in [-0.3, -0.25) is 9.59 Å². The molecule has 136 valence electrons. The van der Waals surface area contributed by atoms with Crippen LogP contribution >= 0.6 is 11.6 Å². The van der Waals surface area contributed by atoms with Crippen molar-refractivity contribution in [2.24, 2.45) is 0 Å². The van der Waals surface area contributed by atoms with Crippen LogP contribution in [-0.4, -0.2) is 16.8 Å². The molecule has 0 radical (unpaired) electrons. The maximum atomic E-state index is 12.3. The highest BCUT2D eigenvalue weighted by molar-refractivity contribution is 6.30. The second kappa shape index (κ2) is 8.33. The molecule has 7 heteroatoms. The molecule has 0 bridgehead atoms. The number of pyridine rings is 1. The Balaban J connectivity index is 1.61. The van der Waals surface area contributed by atoms with Crippen LogP contribution in [0, 0.1) is 0 Å². The van der Waals surface area contributed by atoms with Crippen molar-refractivity contribution in [1.29, 1.82) is 0 Å². The molecule has 1 heterocycles. The number of ether oxygens (including phenoxy) is 1. The molecule has 0 spiro atoms. The number of aromatic nitrogens is 1. The van der Waals surface area contributed by atoms with Crippen molar-refractivity contribution in [2.45, 2.75) is 6.92 Å². The fourth-order valence-corrected chi connectivity index (χ4v) is 2.38. The number of carbonyl (C=O) groups is 2. The molecular formula is C20H16ClN3O3. The molecule has 6 nitrogen and oxygen atoms in total. The number of benzene rings is 2. The van der Waals surface area contributed by atoms with Crippen LogP contribution in [0.3, 0.4) is 0 Å². The fourth-order valence-electron chi connectivity index (χ4n) is 2.25. The molecule has 0 aliphatic carbocycles. The first-order valence-electron chi connectivity index (χ1n) is 8.08. The molecule has 0 aliphatic heterocycles. The second-order valence-corrected chi connectivity index (χ2v) is 6.09. The predicted octanol–water partition coefficient (Wildman–Crippen LogP) is 4.74. The number of nitrogens with one attached hydrogen (secondary N) is 2. The molecule has 27 heavy (non-hydrogen) atoms. The van der Waals surface area contributed by atoms with Crippen LogP contribution < -0.4 is 15.4 Å². The first kappa shape index (κ1) is 18.4. The van der Waals surface area contributed by atoms with Crippen LogP contribution in [0.2, 0.25) is 5.02 Å². The summed E-state index contributed by atoms with van der Waals surface area (Å²) in [7, 11) is 0. The Morgan fingerprint density at radius 3 is 2.15 bits per heavy atom. The quantitative estimate of drug-likeness (QED) is 0.669. The number of hydrogen-bond acceptors (Lipinski definition) is 4. The van der Waals surface area contributed by atoms with Gasteiger partial charge in [-0.15, -0.1) is 0 Å². The van der Waals surface area contributed by atoms with Crippen LogP contribution in [0.15, 0.2) is 66.9 Å². The molecular weight excluding hydrogens is 366 g/mol. The minimum atomic E-state index is -0.280. The Morgan fingerprint density at radius 2 is 1.56 bits per heavy atom. The summed E-state index contributed by atoms with van der Waals surface area (Å²) in [4.78, 5) is 27.5. The molecule has 0 atom stereocenters. The minimum Gasteiger partial charge on any atom is -0.439 e. The first-order chi connectivity index (χ1) is 13.0. The molecule has 0 aliphatic rings. The average Bonchev–Trinajstić information content (AvgIpc) is 2.65. The highest BCUT2D eigenvalue weighted by Gasteiger charge is 2.07. The van der Waals surface area contributed by atoms with Crippen molar-refractivity contribution >= 4 is 34.8 Å². The summed E-state index contributed by atoms with van der Waals surface area (Å²) < 4.78 is 5.61. The number of halogens is 1. The van der Waals surface area contributed by atoms with Gasteiger partial charge in [0, 0.05) is 29.3 Å². The average molecular weight is 382 g/mol. The lowest BCUT2D eigenvalue weighted by Crippen LogP contribution is -2.12. The third-order valence-electron chi connectivity index (χ3n) is 3.50. The summed E-state index contributed by atoms with van der Waals surface area (Å²) in [5, 5.41) is 6.03. The van der Waals surface area contributed by atoms with Gasteiger partial charge in [-0.25, -0.2) is 4.98 Å². The molecule has 2 aromatic carbocycles. The largest absolute Gasteiger partial charge is 0.439 e. The third-order valence-corrected chi connectivity index (χ3v) is 3.75. The zero-order valence-electron chi connectivity index (χ0n) is 14.4. The Labute approximate surface area is 161 Å². The predicted molar refractivity (Wildman–Crippen MR) is 104 cm³/mol. The minimum absolute atomic E-state index is 0.167. The van der Waals surface area contributed by atoms with E-state index in [1.54, 1.807) is 60.7 Å². The van der Waals surface area contributed by atoms with Gasteiger partial charge in [-0.05, 0) is 54.6 Å². The van der Waals surface area contributed by atoms with Gasteiger partial charge in [-0.2, -0.15) is 0 Å². The highest BCUT2D eigenvalue weighted by atomic mass is 35.5. The first-order valence-corrected chi connectivity index (χ1v) is 8.46. The van der Waals surface area contributed by atoms with E-state index in [4.69, 9.17) is 16.3 Å². The standard InChI is InChI=1S/C20H16ClN3O3/c1-13(25)23-16-6-2-14(3-7-16)20(26)24-17-8-11-19(22-12-17)27-18-9-4-15(21)5-10-18/h2-12H,1H3,(H,23,25)(H,24,26). The van der Waals surface area contributed by atoms with E-state index in [0.717, 1.165) is 0 Å². The summed E-state index contributed by atoms with van der Waals surface area (Å²) in [6.07, 6.45) is 1.51. The Bertz CT molecular complexity index is 940. The van der Waals surface area contributed by atoms with Crippen LogP contribution in [-0.2, 0) is 4.79 Å². The Kier molecular flexibility index (Phi) is 5.68. The van der Waals surface area contributed by atoms with Crippen LogP contribution in [0.5, 0.6) is 11.6 Å². The molecule has 1 aromatic heterocycles. The van der Waals surface area contributed by atoms with E-state index in [2.05, 4.69) is 15.6 Å². The van der Waals surface area contributed by atoms with Gasteiger partial charge in [-0.1, -0.05) is 11.6 Å². The van der Waals surface area contributed by atoms with Gasteiger partial charge in [0.2, 0.25) is 11.8 Å². The van der Waals surface area contributed by atoms with Crippen LogP contribution in [0.25, 0.3) is 0 Å². The van der Waals surface area contributed by atoms with Crippen molar-refractivity contribution in [2.75, 3.05) is 10.6 Å². The smallest absolute Gasteiger partial charge is 0.255 e. The SMILES string of the molecule is CC(=O)Nc1ccc(C(=O)Nc2ccc(Oc3ccc(Cl)cc3)nc2)cc1. The van der Waals surface area contributed by atoms with Gasteiger partial charge in [0.15, 0.2) is 0 Å². The van der Waals surface area contributed by atoms with Gasteiger partial charge in [0.1, 0.15) is 5.75 Å². The number of rotatable bonds is 5. The van der Waals surface area contributed by atoms with E-state index in [-0.39, 0.29) is 11.8 Å². The van der Waals surface area contributed by atoms with Crippen molar-refractivity contribution in [3.63, 3.8) is 0 Å². The van der Waals surface area contributed by atoms with E-state index < -0.39 is 0 Å². The summed E-state index contributed by atoms with van der Waals surface area (Å²) in [6.45, 7) is 1.42. The maximum Gasteiger partial charge on any atom is 0.255 e. The van der Waals surface area contributed by atoms with Crippen molar-refractivity contribution in [3.8, 4) is 11.6 Å². The molecule has 0 saturated heterocycles. The van der Waals surface area contributed by atoms with Crippen LogP contribution in [0.4, 0.5) is 11.4 Å². The van der Waals surface area contributed by atoms with Crippen molar-refractivity contribution < 1.29 is 14.3 Å². The summed E-state index contributed by atoms with van der Waals surface area (Å²) in [5.41, 5.74) is 1.63. The lowest BCUT2D eigenvalue weighted by atomic mass is 10.2. The molecule has 2 amide bonds. The monoisotopic (exact) mass is 381 g/mol. The van der Waals surface area contributed by atoms with E-state index in [1.807, 2.05) is 0 Å². The van der Waals surface area contributed by atoms with Gasteiger partial charge >= 0.3 is 0 Å². The van der Waals surface area contributed by atoms with E-state index >= 15 is 0 Å². The highest BCUT2D eigenvalue weighted by Crippen LogP contribution is 2.22. The van der Waals surface area contributed by atoms with Crippen molar-refractivity contribution in [1.82, 2.24) is 4.98 Å². The van der Waals surface area contributed by atoms with Gasteiger partial charge in [0.25, 0.3) is 5.91 Å². The molecule has 0 saturated carbocycles. The number of hydrogen-bond donors (Lipinski definition) is 2. The van der Waals surface area contributed by atoms with E-state index in [9.17, 15) is 9.59 Å². The number of anilines is 2. The molecule has 0 fully saturated rings. The summed E-state index contributed by atoms with van der Waals surface area (Å²) >= 11 is 5.84. The van der Waals surface area contributed by atoms with Crippen molar-refractivity contribution in [3.05, 3.63) is 77.4 Å². The number of carbonyl (C=O) groups excluding carboxylic acids is 2. The van der Waals surface area contributed by atoms with Gasteiger partial charge in [0.05, 0.1) is 11.9 Å².